The molecular weight excluding hydrogens is 452 g/mol. The zero-order valence-corrected chi connectivity index (χ0v) is 19.9. The molecular formula is C19H25ClN2O6S2. The highest BCUT2D eigenvalue weighted by molar-refractivity contribution is 7.93. The number of rotatable bonds is 2. The van der Waals surface area contributed by atoms with Crippen LogP contribution in [0.1, 0.15) is 61.5 Å². The SMILES string of the molecule is COC(=O)c1cc(Cl)c([C@]2(C)CS(=O)(=O)C3(CCC3)/C(=N/C(=O)OC(C)(C)C)N2)s1. The van der Waals surface area contributed by atoms with Gasteiger partial charge < -0.3 is 14.8 Å². The van der Waals surface area contributed by atoms with Gasteiger partial charge in [0, 0.05) is 0 Å². The Morgan fingerprint density at radius 3 is 2.43 bits per heavy atom. The van der Waals surface area contributed by atoms with Gasteiger partial charge in [-0.25, -0.2) is 18.0 Å². The van der Waals surface area contributed by atoms with Crippen LogP contribution in [0.4, 0.5) is 4.79 Å². The standard InChI is InChI=1S/C19H25ClN2O6S2/c1-17(2,3)28-16(24)21-15-19(7-6-8-19)30(25,26)10-18(4,22-15)13-11(20)9-12(29-13)14(23)27-5/h9H,6-8,10H2,1-5H3,(H,21,22,24)/t18-/m0/s1. The first-order valence-electron chi connectivity index (χ1n) is 9.44. The fourth-order valence-electron chi connectivity index (χ4n) is 3.70. The number of methoxy groups -OCH3 is 1. The zero-order valence-electron chi connectivity index (χ0n) is 17.5. The van der Waals surface area contributed by atoms with E-state index in [1.165, 1.54) is 13.2 Å². The lowest BCUT2D eigenvalue weighted by atomic mass is 9.81. The molecule has 1 aromatic rings. The highest BCUT2D eigenvalue weighted by Crippen LogP contribution is 2.48. The topological polar surface area (TPSA) is 111 Å². The average Bonchev–Trinajstić information content (AvgIpc) is 2.92. The molecule has 1 aliphatic heterocycles. The van der Waals surface area contributed by atoms with E-state index in [2.05, 4.69) is 10.3 Å². The highest BCUT2D eigenvalue weighted by Gasteiger charge is 2.60. The lowest BCUT2D eigenvalue weighted by Gasteiger charge is -2.50. The van der Waals surface area contributed by atoms with Crippen molar-refractivity contribution in [3.05, 3.63) is 20.8 Å². The molecule has 1 spiro atoms. The summed E-state index contributed by atoms with van der Waals surface area (Å²) in [6.07, 6.45) is 0.623. The molecule has 1 amide bonds. The molecule has 166 valence electrons. The van der Waals surface area contributed by atoms with Crippen molar-refractivity contribution in [1.82, 2.24) is 5.32 Å². The lowest BCUT2D eigenvalue weighted by molar-refractivity contribution is 0.0593. The van der Waals surface area contributed by atoms with Crippen LogP contribution in [0.25, 0.3) is 0 Å². The molecule has 1 saturated heterocycles. The monoisotopic (exact) mass is 476 g/mol. The molecule has 2 aliphatic rings. The Balaban J connectivity index is 2.06. The Bertz CT molecular complexity index is 1020. The summed E-state index contributed by atoms with van der Waals surface area (Å²) < 4.78 is 35.5. The number of amides is 1. The van der Waals surface area contributed by atoms with Gasteiger partial charge >= 0.3 is 12.1 Å². The molecule has 2 fully saturated rings. The van der Waals surface area contributed by atoms with Crippen molar-refractivity contribution in [3.63, 3.8) is 0 Å². The molecule has 0 aromatic carbocycles. The minimum absolute atomic E-state index is 0.0702. The van der Waals surface area contributed by atoms with Crippen molar-refractivity contribution < 1.29 is 27.5 Å². The number of thiophene rings is 1. The fraction of sp³-hybridized carbons (Fsp3) is 0.632. The van der Waals surface area contributed by atoms with E-state index in [4.69, 9.17) is 21.1 Å². The van der Waals surface area contributed by atoms with Gasteiger partial charge in [0.25, 0.3) is 0 Å². The van der Waals surface area contributed by atoms with E-state index in [1.54, 1.807) is 27.7 Å². The molecule has 1 atom stereocenters. The summed E-state index contributed by atoms with van der Waals surface area (Å²) in [5.74, 6) is -0.733. The van der Waals surface area contributed by atoms with Gasteiger partial charge in [0.1, 0.15) is 21.1 Å². The molecule has 8 nitrogen and oxygen atoms in total. The number of ether oxygens (including phenoxy) is 2. The number of halogens is 1. The summed E-state index contributed by atoms with van der Waals surface area (Å²) in [6, 6.07) is 1.45. The van der Waals surface area contributed by atoms with Crippen molar-refractivity contribution >= 4 is 50.7 Å². The predicted octanol–water partition coefficient (Wildman–Crippen LogP) is 3.68. The lowest BCUT2D eigenvalue weighted by Crippen LogP contribution is -2.68. The van der Waals surface area contributed by atoms with E-state index in [0.29, 0.717) is 17.7 Å². The second-order valence-corrected chi connectivity index (χ2v) is 12.5. The first kappa shape index (κ1) is 23.0. The van der Waals surface area contributed by atoms with E-state index in [1.807, 2.05) is 0 Å². The van der Waals surface area contributed by atoms with E-state index in [9.17, 15) is 18.0 Å². The van der Waals surface area contributed by atoms with Crippen LogP contribution in [0.2, 0.25) is 5.02 Å². The molecule has 1 aliphatic carbocycles. The van der Waals surface area contributed by atoms with Gasteiger partial charge in [-0.15, -0.1) is 11.3 Å². The highest BCUT2D eigenvalue weighted by atomic mass is 35.5. The minimum Gasteiger partial charge on any atom is -0.465 e. The normalized spacial score (nSPS) is 26.0. The Labute approximate surface area is 184 Å². The maximum atomic E-state index is 13.4. The maximum absolute atomic E-state index is 13.4. The Morgan fingerprint density at radius 2 is 1.93 bits per heavy atom. The Kier molecular flexibility index (Phi) is 5.75. The van der Waals surface area contributed by atoms with Crippen LogP contribution in [-0.2, 0) is 24.8 Å². The molecule has 1 saturated carbocycles. The third-order valence-electron chi connectivity index (χ3n) is 5.23. The first-order chi connectivity index (χ1) is 13.7. The number of nitrogens with one attached hydrogen (secondary N) is 1. The van der Waals surface area contributed by atoms with Gasteiger partial charge in [0.2, 0.25) is 0 Å². The van der Waals surface area contributed by atoms with Crippen LogP contribution in [0.15, 0.2) is 11.1 Å². The molecule has 0 bridgehead atoms. The molecule has 2 heterocycles. The summed E-state index contributed by atoms with van der Waals surface area (Å²) in [7, 11) is -2.43. The number of carbonyl (C=O) groups is 2. The molecule has 0 radical (unpaired) electrons. The van der Waals surface area contributed by atoms with Crippen molar-refractivity contribution in [2.45, 2.75) is 62.8 Å². The minimum atomic E-state index is -3.68. The number of nitrogens with zero attached hydrogens (tertiary/aromatic N) is 1. The van der Waals surface area contributed by atoms with Crippen molar-refractivity contribution in [2.24, 2.45) is 4.99 Å². The van der Waals surface area contributed by atoms with Crippen LogP contribution < -0.4 is 5.32 Å². The van der Waals surface area contributed by atoms with Gasteiger partial charge in [-0.3, -0.25) is 0 Å². The fourth-order valence-corrected chi connectivity index (χ4v) is 7.91. The summed E-state index contributed by atoms with van der Waals surface area (Å²) in [5.41, 5.74) is -1.94. The number of hydrogen-bond donors (Lipinski definition) is 1. The quantitative estimate of drug-likeness (QED) is 0.648. The second-order valence-electron chi connectivity index (χ2n) is 8.78. The van der Waals surface area contributed by atoms with Crippen LogP contribution in [0.5, 0.6) is 0 Å². The van der Waals surface area contributed by atoms with E-state index in [0.717, 1.165) is 17.8 Å². The summed E-state index contributed by atoms with van der Waals surface area (Å²) in [6.45, 7) is 6.79. The van der Waals surface area contributed by atoms with Gasteiger partial charge in [-0.1, -0.05) is 11.6 Å². The molecule has 3 rings (SSSR count). The van der Waals surface area contributed by atoms with Crippen molar-refractivity contribution in [2.75, 3.05) is 12.9 Å². The van der Waals surface area contributed by atoms with Gasteiger partial charge in [-0.05, 0) is 53.0 Å². The number of carbonyl (C=O) groups excluding carboxylic acids is 2. The van der Waals surface area contributed by atoms with Crippen molar-refractivity contribution in [1.29, 1.82) is 0 Å². The third-order valence-corrected chi connectivity index (χ3v) is 9.77. The Morgan fingerprint density at radius 1 is 1.30 bits per heavy atom. The summed E-state index contributed by atoms with van der Waals surface area (Å²) in [4.78, 5) is 29.0. The maximum Gasteiger partial charge on any atom is 0.435 e. The van der Waals surface area contributed by atoms with Crippen LogP contribution in [0, 0.1) is 0 Å². The number of sulfone groups is 1. The zero-order chi connectivity index (χ0) is 22.5. The van der Waals surface area contributed by atoms with Crippen LogP contribution in [-0.4, -0.2) is 49.5 Å². The van der Waals surface area contributed by atoms with E-state index < -0.39 is 37.8 Å². The number of amidine groups is 1. The van der Waals surface area contributed by atoms with Gasteiger partial charge in [0.15, 0.2) is 9.84 Å². The van der Waals surface area contributed by atoms with Gasteiger partial charge in [-0.2, -0.15) is 4.99 Å². The van der Waals surface area contributed by atoms with Crippen molar-refractivity contribution in [3.8, 4) is 0 Å². The summed E-state index contributed by atoms with van der Waals surface area (Å²) >= 11 is 7.41. The average molecular weight is 477 g/mol. The number of esters is 1. The predicted molar refractivity (Wildman–Crippen MR) is 115 cm³/mol. The van der Waals surface area contributed by atoms with E-state index >= 15 is 0 Å². The third kappa shape index (κ3) is 3.97. The molecule has 11 heteroatoms. The van der Waals surface area contributed by atoms with Gasteiger partial charge in [0.05, 0.1) is 28.3 Å². The summed E-state index contributed by atoms with van der Waals surface area (Å²) in [5, 5.41) is 3.41. The molecule has 1 aromatic heterocycles. The van der Waals surface area contributed by atoms with Crippen LogP contribution in [0.3, 0.4) is 0 Å². The Hall–Kier alpha value is -1.65. The molecule has 0 unspecified atom stereocenters. The first-order valence-corrected chi connectivity index (χ1v) is 12.3. The van der Waals surface area contributed by atoms with E-state index in [-0.39, 0.29) is 21.5 Å². The largest absolute Gasteiger partial charge is 0.465 e. The smallest absolute Gasteiger partial charge is 0.435 e. The number of hydrogen-bond acceptors (Lipinski definition) is 7. The number of aliphatic imine (C=N–C) groups is 1. The van der Waals surface area contributed by atoms with Crippen LogP contribution >= 0.6 is 22.9 Å². The molecule has 30 heavy (non-hydrogen) atoms. The second kappa shape index (κ2) is 7.49. The molecule has 1 N–H and O–H groups in total.